The predicted octanol–water partition coefficient (Wildman–Crippen LogP) is 5.12. The molecule has 4 rings (SSSR count). The zero-order chi connectivity index (χ0) is 22.0. The van der Waals surface area contributed by atoms with E-state index in [-0.39, 0.29) is 5.69 Å². The van der Waals surface area contributed by atoms with Gasteiger partial charge in [0.2, 0.25) is 0 Å². The molecule has 0 aliphatic carbocycles. The highest BCUT2D eigenvalue weighted by atomic mass is 16.5. The van der Waals surface area contributed by atoms with E-state index in [9.17, 15) is 10.1 Å². The first-order chi connectivity index (χ1) is 15.0. The minimum atomic E-state index is -0.331. The van der Waals surface area contributed by atoms with Gasteiger partial charge in [0.05, 0.1) is 36.5 Å². The molecule has 3 aromatic carbocycles. The van der Waals surface area contributed by atoms with Gasteiger partial charge in [-0.05, 0) is 47.4 Å². The maximum atomic E-state index is 13.1. The van der Waals surface area contributed by atoms with Crippen LogP contribution >= 0.6 is 0 Å². The molecule has 0 saturated heterocycles. The first-order valence-corrected chi connectivity index (χ1v) is 10.2. The van der Waals surface area contributed by atoms with E-state index in [0.29, 0.717) is 29.5 Å². The van der Waals surface area contributed by atoms with Crippen molar-refractivity contribution >= 4 is 10.9 Å². The smallest absolute Gasteiger partial charge is 0.348 e. The molecule has 0 unspecified atom stereocenters. The highest BCUT2D eigenvalue weighted by molar-refractivity contribution is 5.93. The second-order valence-corrected chi connectivity index (χ2v) is 7.80. The van der Waals surface area contributed by atoms with Crippen LogP contribution in [0, 0.1) is 11.3 Å². The summed E-state index contributed by atoms with van der Waals surface area (Å²) in [5.41, 5.74) is 4.63. The van der Waals surface area contributed by atoms with E-state index >= 15 is 0 Å². The van der Waals surface area contributed by atoms with Gasteiger partial charge < -0.3 is 4.74 Å². The number of hydrogen-bond donors (Lipinski definition) is 0. The lowest BCUT2D eigenvalue weighted by molar-refractivity contribution is 0.415. The zero-order valence-corrected chi connectivity index (χ0v) is 17.8. The van der Waals surface area contributed by atoms with Crippen molar-refractivity contribution in [2.45, 2.75) is 26.3 Å². The molecule has 0 spiro atoms. The summed E-state index contributed by atoms with van der Waals surface area (Å²) in [6, 6.07) is 23.2. The summed E-state index contributed by atoms with van der Waals surface area (Å²) in [5.74, 6) is 1.13. The van der Waals surface area contributed by atoms with Gasteiger partial charge in [0.1, 0.15) is 5.75 Å². The first kappa shape index (κ1) is 20.4. The van der Waals surface area contributed by atoms with Gasteiger partial charge in [-0.2, -0.15) is 10.2 Å². The lowest BCUT2D eigenvalue weighted by Crippen LogP contribution is -2.24. The van der Waals surface area contributed by atoms with Crippen molar-refractivity contribution in [1.29, 1.82) is 5.26 Å². The average molecular weight is 409 g/mol. The molecule has 5 nitrogen and oxygen atoms in total. The summed E-state index contributed by atoms with van der Waals surface area (Å²) in [7, 11) is 1.62. The second-order valence-electron chi connectivity index (χ2n) is 7.80. The standard InChI is InChI=1S/C26H23N3O2/c1-17(2)20-7-9-21(10-8-20)25-23-14-22(31-3)11-12-24(23)29(26(30)28-25)16-19-6-4-5-18(13-19)15-27/h4-14,17H,16H2,1-3H3. The van der Waals surface area contributed by atoms with E-state index in [0.717, 1.165) is 22.0 Å². The molecule has 0 atom stereocenters. The van der Waals surface area contributed by atoms with Gasteiger partial charge in [0.15, 0.2) is 0 Å². The molecule has 1 heterocycles. The summed E-state index contributed by atoms with van der Waals surface area (Å²) in [5, 5.41) is 10.0. The Balaban J connectivity index is 1.90. The molecule has 0 saturated carbocycles. The van der Waals surface area contributed by atoms with Crippen LogP contribution in [0.5, 0.6) is 5.75 Å². The summed E-state index contributed by atoms with van der Waals surface area (Å²) >= 11 is 0. The molecule has 154 valence electrons. The van der Waals surface area contributed by atoms with Crippen molar-refractivity contribution in [2.75, 3.05) is 7.11 Å². The fraction of sp³-hybridized carbons (Fsp3) is 0.192. The van der Waals surface area contributed by atoms with Crippen molar-refractivity contribution in [1.82, 2.24) is 9.55 Å². The minimum Gasteiger partial charge on any atom is -0.497 e. The lowest BCUT2D eigenvalue weighted by Gasteiger charge is -2.15. The van der Waals surface area contributed by atoms with Crippen molar-refractivity contribution in [2.24, 2.45) is 0 Å². The topological polar surface area (TPSA) is 67.9 Å². The van der Waals surface area contributed by atoms with Gasteiger partial charge in [0.25, 0.3) is 0 Å². The largest absolute Gasteiger partial charge is 0.497 e. The van der Waals surface area contributed by atoms with Gasteiger partial charge in [-0.1, -0.05) is 50.2 Å². The Labute approximate surface area is 181 Å². The van der Waals surface area contributed by atoms with Crippen molar-refractivity contribution in [3.05, 3.63) is 93.9 Å². The van der Waals surface area contributed by atoms with E-state index in [1.54, 1.807) is 23.8 Å². The third kappa shape index (κ3) is 4.06. The SMILES string of the molecule is COc1ccc2c(c1)c(-c1ccc(C(C)C)cc1)nc(=O)n2Cc1cccc(C#N)c1. The fourth-order valence-corrected chi connectivity index (χ4v) is 3.71. The summed E-state index contributed by atoms with van der Waals surface area (Å²) in [4.78, 5) is 17.5. The second kappa shape index (κ2) is 8.45. The Kier molecular flexibility index (Phi) is 5.55. The van der Waals surface area contributed by atoms with Crippen LogP contribution < -0.4 is 10.4 Å². The van der Waals surface area contributed by atoms with Gasteiger partial charge in [-0.25, -0.2) is 4.79 Å². The molecule has 5 heteroatoms. The van der Waals surface area contributed by atoms with Crippen LogP contribution in [0.1, 0.15) is 36.5 Å². The van der Waals surface area contributed by atoms with Gasteiger partial charge in [-0.15, -0.1) is 0 Å². The molecule has 4 aromatic rings. The molecule has 0 aliphatic rings. The minimum absolute atomic E-state index is 0.330. The zero-order valence-electron chi connectivity index (χ0n) is 17.8. The Hall–Kier alpha value is -3.91. The van der Waals surface area contributed by atoms with Gasteiger partial charge in [-0.3, -0.25) is 4.57 Å². The van der Waals surface area contributed by atoms with Crippen LogP contribution in [0.3, 0.4) is 0 Å². The third-order valence-electron chi connectivity index (χ3n) is 5.44. The summed E-state index contributed by atoms with van der Waals surface area (Å²) in [6.45, 7) is 4.63. The Morgan fingerprint density at radius 2 is 1.84 bits per heavy atom. The van der Waals surface area contributed by atoms with Crippen LogP contribution in [0.2, 0.25) is 0 Å². The van der Waals surface area contributed by atoms with E-state index in [4.69, 9.17) is 4.74 Å². The molecule has 0 fully saturated rings. The maximum Gasteiger partial charge on any atom is 0.348 e. The van der Waals surface area contributed by atoms with E-state index in [1.165, 1.54) is 5.56 Å². The molecule has 0 bridgehead atoms. The van der Waals surface area contributed by atoms with E-state index < -0.39 is 0 Å². The number of methoxy groups -OCH3 is 1. The fourth-order valence-electron chi connectivity index (χ4n) is 3.71. The predicted molar refractivity (Wildman–Crippen MR) is 122 cm³/mol. The Morgan fingerprint density at radius 3 is 2.52 bits per heavy atom. The lowest BCUT2D eigenvalue weighted by atomic mass is 9.99. The Morgan fingerprint density at radius 1 is 1.06 bits per heavy atom. The van der Waals surface area contributed by atoms with E-state index in [1.807, 2.05) is 42.5 Å². The number of ether oxygens (including phenoxy) is 1. The third-order valence-corrected chi connectivity index (χ3v) is 5.44. The maximum absolute atomic E-state index is 13.1. The number of nitriles is 1. The molecular weight excluding hydrogens is 386 g/mol. The molecule has 1 aromatic heterocycles. The van der Waals surface area contributed by atoms with E-state index in [2.05, 4.69) is 37.0 Å². The monoisotopic (exact) mass is 409 g/mol. The highest BCUT2D eigenvalue weighted by Gasteiger charge is 2.14. The number of fused-ring (bicyclic) bond motifs is 1. The van der Waals surface area contributed by atoms with Gasteiger partial charge >= 0.3 is 5.69 Å². The molecule has 0 amide bonds. The highest BCUT2D eigenvalue weighted by Crippen LogP contribution is 2.30. The normalized spacial score (nSPS) is 10.9. The van der Waals surface area contributed by atoms with Crippen LogP contribution in [0.25, 0.3) is 22.2 Å². The number of rotatable bonds is 5. The molecular formula is C26H23N3O2. The molecule has 0 radical (unpaired) electrons. The molecule has 0 N–H and O–H groups in total. The van der Waals surface area contributed by atoms with Crippen molar-refractivity contribution < 1.29 is 4.74 Å². The number of aromatic nitrogens is 2. The molecule has 31 heavy (non-hydrogen) atoms. The molecule has 0 aliphatic heterocycles. The number of benzene rings is 3. The quantitative estimate of drug-likeness (QED) is 0.459. The van der Waals surface area contributed by atoms with Crippen molar-refractivity contribution in [3.63, 3.8) is 0 Å². The Bertz CT molecular complexity index is 1350. The van der Waals surface area contributed by atoms with Gasteiger partial charge in [0, 0.05) is 10.9 Å². The van der Waals surface area contributed by atoms with Crippen LogP contribution in [-0.2, 0) is 6.54 Å². The first-order valence-electron chi connectivity index (χ1n) is 10.2. The van der Waals surface area contributed by atoms with Crippen LogP contribution in [0.15, 0.2) is 71.5 Å². The van der Waals surface area contributed by atoms with Crippen LogP contribution in [0.4, 0.5) is 0 Å². The van der Waals surface area contributed by atoms with Crippen LogP contribution in [-0.4, -0.2) is 16.7 Å². The number of hydrogen-bond acceptors (Lipinski definition) is 4. The van der Waals surface area contributed by atoms with Crippen molar-refractivity contribution in [3.8, 4) is 23.1 Å². The summed E-state index contributed by atoms with van der Waals surface area (Å²) in [6.07, 6.45) is 0. The summed E-state index contributed by atoms with van der Waals surface area (Å²) < 4.78 is 7.07. The average Bonchev–Trinajstić information content (AvgIpc) is 2.80. The number of nitrogens with zero attached hydrogens (tertiary/aromatic N) is 3.